The Labute approximate surface area is 96.8 Å². The lowest BCUT2D eigenvalue weighted by Gasteiger charge is -2.25. The summed E-state index contributed by atoms with van der Waals surface area (Å²) >= 11 is 0. The van der Waals surface area contributed by atoms with Gasteiger partial charge in [-0.2, -0.15) is 0 Å². The highest BCUT2D eigenvalue weighted by Gasteiger charge is 2.41. The molecule has 2 fully saturated rings. The molecule has 0 aromatic carbocycles. The first-order valence-corrected chi connectivity index (χ1v) is 6.08. The number of rotatable bonds is 4. The molecule has 2 rings (SSSR count). The monoisotopic (exact) mass is 224 g/mol. The van der Waals surface area contributed by atoms with Crippen molar-refractivity contribution in [3.63, 3.8) is 0 Å². The largest absolute Gasteiger partial charge is 0.433 e. The Morgan fingerprint density at radius 3 is 2.62 bits per heavy atom. The smallest absolute Gasteiger partial charge is 0.335 e. The van der Waals surface area contributed by atoms with Crippen LogP contribution in [0.25, 0.3) is 0 Å². The third-order valence-electron chi connectivity index (χ3n) is 3.66. The molecular weight excluding hydrogens is 204 g/mol. The maximum absolute atomic E-state index is 11.3. The molecule has 0 radical (unpaired) electrons. The van der Waals surface area contributed by atoms with Crippen molar-refractivity contribution in [2.75, 3.05) is 0 Å². The maximum Gasteiger partial charge on any atom is 0.335 e. The summed E-state index contributed by atoms with van der Waals surface area (Å²) in [4.78, 5) is 11.3. The number of hydrogen-bond acceptors (Lipinski definition) is 3. The van der Waals surface area contributed by atoms with E-state index < -0.39 is 6.29 Å². The summed E-state index contributed by atoms with van der Waals surface area (Å²) < 4.78 is 10.9. The minimum Gasteiger partial charge on any atom is -0.433 e. The minimum atomic E-state index is -0.450. The van der Waals surface area contributed by atoms with E-state index in [-0.39, 0.29) is 5.97 Å². The van der Waals surface area contributed by atoms with E-state index >= 15 is 0 Å². The van der Waals surface area contributed by atoms with Crippen molar-refractivity contribution in [3.8, 4) is 0 Å². The molecule has 3 nitrogen and oxygen atoms in total. The van der Waals surface area contributed by atoms with E-state index in [0.717, 1.165) is 12.3 Å². The van der Waals surface area contributed by atoms with E-state index in [0.29, 0.717) is 17.6 Å². The second-order valence-electron chi connectivity index (χ2n) is 5.10. The molecule has 90 valence electrons. The van der Waals surface area contributed by atoms with Crippen LogP contribution in [0.4, 0.5) is 0 Å². The van der Waals surface area contributed by atoms with Crippen molar-refractivity contribution < 1.29 is 14.3 Å². The first-order chi connectivity index (χ1) is 7.56. The highest BCUT2D eigenvalue weighted by atomic mass is 16.7. The Balaban J connectivity index is 1.77. The summed E-state index contributed by atoms with van der Waals surface area (Å²) in [5.41, 5.74) is 0.420. The number of fused-ring (bicyclic) bond motifs is 2. The molecule has 0 spiro atoms. The van der Waals surface area contributed by atoms with Crippen LogP contribution >= 0.6 is 0 Å². The maximum atomic E-state index is 11.3. The van der Waals surface area contributed by atoms with Gasteiger partial charge in [-0.25, -0.2) is 4.79 Å². The van der Waals surface area contributed by atoms with E-state index in [9.17, 15) is 4.79 Å². The summed E-state index contributed by atoms with van der Waals surface area (Å²) in [7, 11) is 0. The first-order valence-electron chi connectivity index (χ1n) is 6.08. The first kappa shape index (κ1) is 11.6. The van der Waals surface area contributed by atoms with Gasteiger partial charge in [0.2, 0.25) is 6.29 Å². The van der Waals surface area contributed by atoms with Gasteiger partial charge in [0.1, 0.15) is 0 Å². The lowest BCUT2D eigenvalue weighted by atomic mass is 9.98. The van der Waals surface area contributed by atoms with Crippen molar-refractivity contribution in [2.45, 2.75) is 51.9 Å². The van der Waals surface area contributed by atoms with Gasteiger partial charge in [-0.3, -0.25) is 0 Å². The van der Waals surface area contributed by atoms with Gasteiger partial charge in [0, 0.05) is 5.57 Å². The van der Waals surface area contributed by atoms with E-state index in [1.807, 2.05) is 0 Å². The number of esters is 1. The average Bonchev–Trinajstić information content (AvgIpc) is 2.78. The molecule has 3 unspecified atom stereocenters. The van der Waals surface area contributed by atoms with Crippen LogP contribution in [0.2, 0.25) is 0 Å². The molecule has 4 atom stereocenters. The summed E-state index contributed by atoms with van der Waals surface area (Å²) in [6.07, 6.45) is 4.91. The summed E-state index contributed by atoms with van der Waals surface area (Å²) in [6, 6.07) is 0. The third kappa shape index (κ3) is 2.46. The van der Waals surface area contributed by atoms with E-state index in [1.54, 1.807) is 13.8 Å². The van der Waals surface area contributed by atoms with Gasteiger partial charge in [-0.05, 0) is 51.4 Å². The lowest BCUT2D eigenvalue weighted by Crippen LogP contribution is -2.28. The quantitative estimate of drug-likeness (QED) is 0.418. The van der Waals surface area contributed by atoms with E-state index in [2.05, 4.69) is 6.58 Å². The van der Waals surface area contributed by atoms with Crippen LogP contribution in [0.1, 0.15) is 39.5 Å². The Morgan fingerprint density at radius 1 is 1.38 bits per heavy atom. The van der Waals surface area contributed by atoms with Gasteiger partial charge in [0.25, 0.3) is 0 Å². The van der Waals surface area contributed by atoms with E-state index in [1.165, 1.54) is 19.3 Å². The molecule has 2 bridgehead atoms. The van der Waals surface area contributed by atoms with Crippen molar-refractivity contribution in [3.05, 3.63) is 12.2 Å². The standard InChI is InChI=1S/C13H20O3/c1-8(2)13(14)16-9(3)15-12-7-10-4-5-11(12)6-10/h9-12H,1,4-7H2,2-3H3/t9?,10-,11?,12?/m1/s1. The van der Waals surface area contributed by atoms with Crippen LogP contribution in [0.15, 0.2) is 12.2 Å². The van der Waals surface area contributed by atoms with Crippen LogP contribution in [0.5, 0.6) is 0 Å². The highest BCUT2D eigenvalue weighted by Crippen LogP contribution is 2.46. The Kier molecular flexibility index (Phi) is 3.33. The molecule has 3 heteroatoms. The molecule has 0 N–H and O–H groups in total. The van der Waals surface area contributed by atoms with Crippen molar-refractivity contribution in [2.24, 2.45) is 11.8 Å². The summed E-state index contributed by atoms with van der Waals surface area (Å²) in [5.74, 6) is 1.17. The molecule has 16 heavy (non-hydrogen) atoms. The fraction of sp³-hybridized carbons (Fsp3) is 0.769. The zero-order chi connectivity index (χ0) is 11.7. The molecule has 0 aromatic rings. The molecule has 0 saturated heterocycles. The van der Waals surface area contributed by atoms with E-state index in [4.69, 9.17) is 9.47 Å². The molecule has 0 amide bonds. The molecule has 2 aliphatic carbocycles. The minimum absolute atomic E-state index is 0.298. The third-order valence-corrected chi connectivity index (χ3v) is 3.66. The van der Waals surface area contributed by atoms with Gasteiger partial charge < -0.3 is 9.47 Å². The highest BCUT2D eigenvalue weighted by molar-refractivity contribution is 5.86. The zero-order valence-electron chi connectivity index (χ0n) is 10.1. The Hall–Kier alpha value is -0.830. The van der Waals surface area contributed by atoms with Gasteiger partial charge in [0.15, 0.2) is 0 Å². The number of hydrogen-bond donors (Lipinski definition) is 0. The normalized spacial score (nSPS) is 33.8. The fourth-order valence-electron chi connectivity index (χ4n) is 2.88. The number of ether oxygens (including phenoxy) is 2. The number of carbonyl (C=O) groups excluding carboxylic acids is 1. The molecule has 0 heterocycles. The topological polar surface area (TPSA) is 35.5 Å². The van der Waals surface area contributed by atoms with Crippen LogP contribution in [0.3, 0.4) is 0 Å². The Morgan fingerprint density at radius 2 is 2.12 bits per heavy atom. The van der Waals surface area contributed by atoms with Crippen molar-refractivity contribution in [1.29, 1.82) is 0 Å². The molecule has 0 aliphatic heterocycles. The summed E-state index contributed by atoms with van der Waals surface area (Å²) in [6.45, 7) is 6.98. The molecule has 0 aromatic heterocycles. The molecular formula is C13H20O3. The SMILES string of the molecule is C=C(C)C(=O)OC(C)OC1C[C@@H]2CCC1C2. The zero-order valence-corrected chi connectivity index (χ0v) is 10.1. The van der Waals surface area contributed by atoms with Gasteiger partial charge in [-0.15, -0.1) is 0 Å². The molecule has 2 aliphatic rings. The van der Waals surface area contributed by atoms with Gasteiger partial charge >= 0.3 is 5.97 Å². The van der Waals surface area contributed by atoms with Crippen LogP contribution < -0.4 is 0 Å². The molecule has 2 saturated carbocycles. The van der Waals surface area contributed by atoms with Gasteiger partial charge in [-0.1, -0.05) is 6.58 Å². The Bertz CT molecular complexity index is 298. The predicted molar refractivity (Wildman–Crippen MR) is 60.7 cm³/mol. The lowest BCUT2D eigenvalue weighted by molar-refractivity contribution is -0.185. The number of carbonyl (C=O) groups is 1. The predicted octanol–water partition coefficient (Wildman–Crippen LogP) is 2.66. The fourth-order valence-corrected chi connectivity index (χ4v) is 2.88. The van der Waals surface area contributed by atoms with Crippen LogP contribution in [-0.4, -0.2) is 18.4 Å². The summed E-state index contributed by atoms with van der Waals surface area (Å²) in [5, 5.41) is 0. The average molecular weight is 224 g/mol. The van der Waals surface area contributed by atoms with Crippen LogP contribution in [0, 0.1) is 11.8 Å². The van der Waals surface area contributed by atoms with Crippen LogP contribution in [-0.2, 0) is 14.3 Å². The second kappa shape index (κ2) is 4.58. The van der Waals surface area contributed by atoms with Crippen molar-refractivity contribution >= 4 is 5.97 Å². The second-order valence-corrected chi connectivity index (χ2v) is 5.10. The van der Waals surface area contributed by atoms with Gasteiger partial charge in [0.05, 0.1) is 6.10 Å². The van der Waals surface area contributed by atoms with Crippen molar-refractivity contribution in [1.82, 2.24) is 0 Å².